The third kappa shape index (κ3) is 3.12. The zero-order valence-electron chi connectivity index (χ0n) is 7.96. The van der Waals surface area contributed by atoms with Crippen LogP contribution in [-0.4, -0.2) is 30.2 Å². The third-order valence-electron chi connectivity index (χ3n) is 1.57. The van der Waals surface area contributed by atoms with Gasteiger partial charge in [0.15, 0.2) is 0 Å². The summed E-state index contributed by atoms with van der Waals surface area (Å²) < 4.78 is 5.77. The molecule has 0 atom stereocenters. The predicted octanol–water partition coefficient (Wildman–Crippen LogP) is 1.01. The summed E-state index contributed by atoms with van der Waals surface area (Å²) in [5.41, 5.74) is 5.36. The molecule has 1 aromatic heterocycles. The second-order valence-electron chi connectivity index (χ2n) is 2.62. The van der Waals surface area contributed by atoms with Gasteiger partial charge in [0, 0.05) is 6.54 Å². The standard InChI is InChI=1S/C8H13BrN4O/c1-14-7-6(9)5-12-8(13-7)11-4-2-3-10/h5H,2-4,10H2,1H3,(H,11,12,13). The van der Waals surface area contributed by atoms with Gasteiger partial charge < -0.3 is 15.8 Å². The number of nitrogens with two attached hydrogens (primary N) is 1. The fourth-order valence-electron chi connectivity index (χ4n) is 0.882. The van der Waals surface area contributed by atoms with Crippen molar-refractivity contribution in [2.75, 3.05) is 25.5 Å². The molecule has 0 aliphatic heterocycles. The summed E-state index contributed by atoms with van der Waals surface area (Å²) in [6.07, 6.45) is 2.54. The van der Waals surface area contributed by atoms with Crippen LogP contribution in [0, 0.1) is 0 Å². The Morgan fingerprint density at radius 1 is 1.64 bits per heavy atom. The largest absolute Gasteiger partial charge is 0.480 e. The van der Waals surface area contributed by atoms with E-state index in [4.69, 9.17) is 10.5 Å². The van der Waals surface area contributed by atoms with Gasteiger partial charge in [-0.3, -0.25) is 0 Å². The maximum Gasteiger partial charge on any atom is 0.232 e. The molecule has 0 aliphatic carbocycles. The second-order valence-corrected chi connectivity index (χ2v) is 3.47. The van der Waals surface area contributed by atoms with Gasteiger partial charge in [0.25, 0.3) is 0 Å². The van der Waals surface area contributed by atoms with E-state index in [0.29, 0.717) is 18.4 Å². The first-order chi connectivity index (χ1) is 6.77. The molecule has 0 spiro atoms. The molecule has 0 aliphatic rings. The van der Waals surface area contributed by atoms with E-state index in [1.807, 2.05) is 0 Å². The Balaban J connectivity index is 2.60. The lowest BCUT2D eigenvalue weighted by molar-refractivity contribution is 0.394. The van der Waals surface area contributed by atoms with Gasteiger partial charge in [-0.25, -0.2) is 4.98 Å². The van der Waals surface area contributed by atoms with Crippen LogP contribution in [0.2, 0.25) is 0 Å². The molecule has 0 aromatic carbocycles. The number of aromatic nitrogens is 2. The van der Waals surface area contributed by atoms with Crippen molar-refractivity contribution >= 4 is 21.9 Å². The summed E-state index contributed by atoms with van der Waals surface area (Å²) in [6.45, 7) is 1.42. The minimum absolute atomic E-state index is 0.523. The third-order valence-corrected chi connectivity index (χ3v) is 2.11. The lowest BCUT2D eigenvalue weighted by Crippen LogP contribution is -2.10. The van der Waals surface area contributed by atoms with E-state index >= 15 is 0 Å². The molecular formula is C8H13BrN4O. The number of nitrogens with one attached hydrogen (secondary N) is 1. The Kier molecular flexibility index (Phi) is 4.61. The lowest BCUT2D eigenvalue weighted by Gasteiger charge is -2.06. The molecule has 0 radical (unpaired) electrons. The van der Waals surface area contributed by atoms with E-state index < -0.39 is 0 Å². The molecular weight excluding hydrogens is 248 g/mol. The number of anilines is 1. The summed E-state index contributed by atoms with van der Waals surface area (Å²) in [7, 11) is 1.57. The lowest BCUT2D eigenvalue weighted by atomic mass is 10.4. The van der Waals surface area contributed by atoms with Crippen molar-refractivity contribution in [3.05, 3.63) is 10.7 Å². The average Bonchev–Trinajstić information content (AvgIpc) is 2.21. The fraction of sp³-hybridized carbons (Fsp3) is 0.500. The highest BCUT2D eigenvalue weighted by molar-refractivity contribution is 9.10. The van der Waals surface area contributed by atoms with Crippen molar-refractivity contribution in [2.24, 2.45) is 5.73 Å². The first-order valence-corrected chi connectivity index (χ1v) is 5.07. The number of hydrogen-bond acceptors (Lipinski definition) is 5. The molecule has 0 unspecified atom stereocenters. The number of halogens is 1. The van der Waals surface area contributed by atoms with Gasteiger partial charge in [-0.15, -0.1) is 0 Å². The molecule has 78 valence electrons. The molecule has 3 N–H and O–H groups in total. The van der Waals surface area contributed by atoms with Crippen molar-refractivity contribution in [3.8, 4) is 5.88 Å². The highest BCUT2D eigenvalue weighted by Gasteiger charge is 2.03. The Morgan fingerprint density at radius 2 is 2.43 bits per heavy atom. The molecule has 0 fully saturated rings. The van der Waals surface area contributed by atoms with Gasteiger partial charge in [-0.05, 0) is 28.9 Å². The second kappa shape index (κ2) is 5.77. The topological polar surface area (TPSA) is 73.1 Å². The molecule has 6 heteroatoms. The monoisotopic (exact) mass is 260 g/mol. The molecule has 0 saturated heterocycles. The van der Waals surface area contributed by atoms with Crippen LogP contribution >= 0.6 is 15.9 Å². The summed E-state index contributed by atoms with van der Waals surface area (Å²) in [6, 6.07) is 0. The number of nitrogens with zero attached hydrogens (tertiary/aromatic N) is 2. The summed E-state index contributed by atoms with van der Waals surface area (Å²) in [5, 5.41) is 3.04. The SMILES string of the molecule is COc1nc(NCCCN)ncc1Br. The molecule has 1 rings (SSSR count). The molecule has 0 saturated carbocycles. The van der Waals surface area contributed by atoms with Crippen molar-refractivity contribution in [3.63, 3.8) is 0 Å². The van der Waals surface area contributed by atoms with Crippen LogP contribution in [0.5, 0.6) is 5.88 Å². The average molecular weight is 261 g/mol. The Hall–Kier alpha value is -0.880. The highest BCUT2D eigenvalue weighted by atomic mass is 79.9. The molecule has 1 heterocycles. The van der Waals surface area contributed by atoms with Gasteiger partial charge in [0.2, 0.25) is 11.8 Å². The van der Waals surface area contributed by atoms with Crippen LogP contribution in [0.1, 0.15) is 6.42 Å². The molecule has 1 aromatic rings. The van der Waals surface area contributed by atoms with E-state index in [0.717, 1.165) is 17.4 Å². The van der Waals surface area contributed by atoms with Crippen LogP contribution in [0.15, 0.2) is 10.7 Å². The van der Waals surface area contributed by atoms with E-state index in [-0.39, 0.29) is 0 Å². The van der Waals surface area contributed by atoms with Gasteiger partial charge in [0.1, 0.15) is 0 Å². The first-order valence-electron chi connectivity index (χ1n) is 4.28. The molecule has 14 heavy (non-hydrogen) atoms. The Labute approximate surface area is 91.2 Å². The summed E-state index contributed by atoms with van der Waals surface area (Å²) in [5.74, 6) is 1.08. The number of rotatable bonds is 5. The number of ether oxygens (including phenoxy) is 1. The maximum absolute atomic E-state index is 5.36. The van der Waals surface area contributed by atoms with Crippen molar-refractivity contribution in [1.82, 2.24) is 9.97 Å². The molecule has 5 nitrogen and oxygen atoms in total. The summed E-state index contributed by atoms with van der Waals surface area (Å²) >= 11 is 3.27. The van der Waals surface area contributed by atoms with Crippen molar-refractivity contribution < 1.29 is 4.74 Å². The van der Waals surface area contributed by atoms with Crippen LogP contribution in [0.3, 0.4) is 0 Å². The zero-order chi connectivity index (χ0) is 10.4. The van der Waals surface area contributed by atoms with E-state index in [1.165, 1.54) is 0 Å². The quantitative estimate of drug-likeness (QED) is 0.774. The van der Waals surface area contributed by atoms with Gasteiger partial charge >= 0.3 is 0 Å². The zero-order valence-corrected chi connectivity index (χ0v) is 9.54. The van der Waals surface area contributed by atoms with Crippen LogP contribution < -0.4 is 15.8 Å². The minimum Gasteiger partial charge on any atom is -0.480 e. The number of methoxy groups -OCH3 is 1. The van der Waals surface area contributed by atoms with Gasteiger partial charge in [-0.1, -0.05) is 0 Å². The maximum atomic E-state index is 5.36. The van der Waals surface area contributed by atoms with E-state index in [2.05, 4.69) is 31.2 Å². The Bertz CT molecular complexity index is 295. The normalized spacial score (nSPS) is 9.93. The van der Waals surface area contributed by atoms with Crippen LogP contribution in [0.4, 0.5) is 5.95 Å². The van der Waals surface area contributed by atoms with Gasteiger partial charge in [0.05, 0.1) is 17.8 Å². The Morgan fingerprint density at radius 3 is 3.07 bits per heavy atom. The van der Waals surface area contributed by atoms with E-state index in [9.17, 15) is 0 Å². The highest BCUT2D eigenvalue weighted by Crippen LogP contribution is 2.21. The van der Waals surface area contributed by atoms with Crippen LogP contribution in [0.25, 0.3) is 0 Å². The van der Waals surface area contributed by atoms with Gasteiger partial charge in [-0.2, -0.15) is 4.98 Å². The fourth-order valence-corrected chi connectivity index (χ4v) is 1.23. The van der Waals surface area contributed by atoms with E-state index in [1.54, 1.807) is 13.3 Å². The number of hydrogen-bond donors (Lipinski definition) is 2. The van der Waals surface area contributed by atoms with Crippen molar-refractivity contribution in [2.45, 2.75) is 6.42 Å². The molecule has 0 bridgehead atoms. The smallest absolute Gasteiger partial charge is 0.232 e. The minimum atomic E-state index is 0.523. The molecule has 0 amide bonds. The summed E-state index contributed by atoms with van der Waals surface area (Å²) in [4.78, 5) is 8.20. The predicted molar refractivity (Wildman–Crippen MR) is 58.4 cm³/mol. The van der Waals surface area contributed by atoms with Crippen molar-refractivity contribution in [1.29, 1.82) is 0 Å². The van der Waals surface area contributed by atoms with Crippen LogP contribution in [-0.2, 0) is 0 Å². The first kappa shape index (κ1) is 11.2.